The predicted octanol–water partition coefficient (Wildman–Crippen LogP) is 4.85. The Balaban J connectivity index is 1.40. The number of carbonyl (C=O) groups is 1. The Morgan fingerprint density at radius 2 is 1.84 bits per heavy atom. The number of carbonyl (C=O) groups excluding carboxylic acids is 1. The van der Waals surface area contributed by atoms with Crippen LogP contribution in [0.3, 0.4) is 0 Å². The van der Waals surface area contributed by atoms with Crippen LogP contribution in [0.25, 0.3) is 10.9 Å². The van der Waals surface area contributed by atoms with Gasteiger partial charge in [-0.25, -0.2) is 15.0 Å². The number of halogens is 1. The number of hydrogen-bond acceptors (Lipinski definition) is 8. The van der Waals surface area contributed by atoms with Gasteiger partial charge in [-0.15, -0.1) is 0 Å². The lowest BCUT2D eigenvalue weighted by Gasteiger charge is -2.24. The number of fused-ring (bicyclic) bond motifs is 3. The van der Waals surface area contributed by atoms with Gasteiger partial charge in [-0.2, -0.15) is 4.98 Å². The van der Waals surface area contributed by atoms with Crippen LogP contribution < -0.4 is 14.4 Å². The van der Waals surface area contributed by atoms with Crippen molar-refractivity contribution in [2.24, 2.45) is 0 Å². The molecule has 1 amide bonds. The molecule has 0 saturated heterocycles. The monoisotopic (exact) mass is 517 g/mol. The summed E-state index contributed by atoms with van der Waals surface area (Å²) in [5.41, 5.74) is 4.46. The van der Waals surface area contributed by atoms with E-state index in [0.717, 1.165) is 46.3 Å². The van der Waals surface area contributed by atoms with E-state index in [4.69, 9.17) is 25.8 Å². The molecule has 1 fully saturated rings. The van der Waals surface area contributed by atoms with Gasteiger partial charge < -0.3 is 14.2 Å². The summed E-state index contributed by atoms with van der Waals surface area (Å²) in [5, 5.41) is 1.44. The van der Waals surface area contributed by atoms with Crippen molar-refractivity contribution in [3.05, 3.63) is 76.0 Å². The first-order valence-electron chi connectivity index (χ1n) is 12.0. The van der Waals surface area contributed by atoms with Crippen LogP contribution in [0.2, 0.25) is 5.15 Å². The minimum Gasteiger partial charge on any atom is -0.481 e. The average molecular weight is 518 g/mol. The van der Waals surface area contributed by atoms with E-state index < -0.39 is 0 Å². The smallest absolute Gasteiger partial charge is 0.261 e. The molecule has 6 rings (SSSR count). The Labute approximate surface area is 218 Å². The van der Waals surface area contributed by atoms with Crippen LogP contribution in [0.4, 0.5) is 5.69 Å². The van der Waals surface area contributed by atoms with Crippen LogP contribution in [0, 0.1) is 0 Å². The predicted molar refractivity (Wildman–Crippen MR) is 137 cm³/mol. The van der Waals surface area contributed by atoms with Gasteiger partial charge in [0, 0.05) is 35.3 Å². The summed E-state index contributed by atoms with van der Waals surface area (Å²) in [6, 6.07) is 9.36. The highest BCUT2D eigenvalue weighted by Gasteiger charge is 2.28. The van der Waals surface area contributed by atoms with Gasteiger partial charge in [-0.1, -0.05) is 23.7 Å². The second kappa shape index (κ2) is 9.57. The van der Waals surface area contributed by atoms with E-state index in [-0.39, 0.29) is 18.3 Å². The summed E-state index contributed by atoms with van der Waals surface area (Å²) >= 11 is 6.43. The summed E-state index contributed by atoms with van der Waals surface area (Å²) in [4.78, 5) is 33.3. The Morgan fingerprint density at radius 1 is 1.05 bits per heavy atom. The van der Waals surface area contributed by atoms with E-state index in [9.17, 15) is 4.79 Å². The highest BCUT2D eigenvalue weighted by molar-refractivity contribution is 6.30. The average Bonchev–Trinajstić information content (AvgIpc) is 3.66. The molecule has 3 aromatic heterocycles. The lowest BCUT2D eigenvalue weighted by atomic mass is 10.0. The highest BCUT2D eigenvalue weighted by Crippen LogP contribution is 2.38. The molecule has 1 aliphatic carbocycles. The number of amides is 1. The lowest BCUT2D eigenvalue weighted by Crippen LogP contribution is -2.31. The van der Waals surface area contributed by atoms with Crippen LogP contribution in [-0.2, 0) is 24.5 Å². The van der Waals surface area contributed by atoms with Crippen molar-refractivity contribution in [1.29, 1.82) is 0 Å². The van der Waals surface area contributed by atoms with Crippen molar-refractivity contribution in [1.82, 2.24) is 19.9 Å². The van der Waals surface area contributed by atoms with Gasteiger partial charge >= 0.3 is 0 Å². The van der Waals surface area contributed by atoms with Crippen molar-refractivity contribution < 1.29 is 19.0 Å². The normalized spacial score (nSPS) is 14.5. The molecule has 1 saturated carbocycles. The SMILES string of the molecule is COc1ccc(N(Cc2ccc3c4c(c(Cl)nc3c2)COC4)C(=O)c2cnc(C3CC3)nc2)c(OC)n1. The first-order valence-corrected chi connectivity index (χ1v) is 12.3. The molecule has 37 heavy (non-hydrogen) atoms. The van der Waals surface area contributed by atoms with Crippen LogP contribution >= 0.6 is 11.6 Å². The number of methoxy groups -OCH3 is 2. The van der Waals surface area contributed by atoms with Gasteiger partial charge in [0.15, 0.2) is 0 Å². The van der Waals surface area contributed by atoms with Crippen molar-refractivity contribution in [2.75, 3.05) is 19.1 Å². The molecule has 4 aromatic rings. The Morgan fingerprint density at radius 3 is 2.57 bits per heavy atom. The van der Waals surface area contributed by atoms with E-state index >= 15 is 0 Å². The number of nitrogens with zero attached hydrogens (tertiary/aromatic N) is 5. The minimum atomic E-state index is -0.277. The van der Waals surface area contributed by atoms with E-state index in [1.54, 1.807) is 29.4 Å². The molecule has 10 heteroatoms. The summed E-state index contributed by atoms with van der Waals surface area (Å²) in [5.74, 6) is 1.54. The number of ether oxygens (including phenoxy) is 3. The standard InChI is InChI=1S/C27H24ClN5O4/c1-35-23-8-7-22(26(32-23)36-2)33(27(34)17-10-29-25(30-11-17)16-4-5-16)12-15-3-6-18-19-13-37-14-20(19)24(28)31-21(18)9-15/h3,6-11,16H,4-5,12-14H2,1-2H3. The molecule has 1 aromatic carbocycles. The summed E-state index contributed by atoms with van der Waals surface area (Å²) < 4.78 is 16.4. The molecular formula is C27H24ClN5O4. The van der Waals surface area contributed by atoms with Gasteiger partial charge in [-0.3, -0.25) is 9.69 Å². The number of rotatable bonds is 7. The van der Waals surface area contributed by atoms with Crippen molar-refractivity contribution in [3.63, 3.8) is 0 Å². The number of hydrogen-bond donors (Lipinski definition) is 0. The number of pyridine rings is 2. The first kappa shape index (κ1) is 23.6. The largest absolute Gasteiger partial charge is 0.481 e. The fourth-order valence-electron chi connectivity index (χ4n) is 4.54. The van der Waals surface area contributed by atoms with Gasteiger partial charge in [0.05, 0.1) is 45.1 Å². The number of anilines is 1. The molecule has 2 aliphatic rings. The fourth-order valence-corrected chi connectivity index (χ4v) is 4.80. The van der Waals surface area contributed by atoms with E-state index in [1.165, 1.54) is 14.2 Å². The molecule has 0 unspecified atom stereocenters. The van der Waals surface area contributed by atoms with Gasteiger partial charge in [0.1, 0.15) is 16.7 Å². The minimum absolute atomic E-state index is 0.233. The van der Waals surface area contributed by atoms with Crippen LogP contribution in [-0.4, -0.2) is 40.1 Å². The first-order chi connectivity index (χ1) is 18.1. The molecule has 0 spiro atoms. The van der Waals surface area contributed by atoms with Crippen LogP contribution in [0.1, 0.15) is 51.6 Å². The second-order valence-corrected chi connectivity index (χ2v) is 9.44. The van der Waals surface area contributed by atoms with Gasteiger partial charge in [0.2, 0.25) is 11.8 Å². The third-order valence-corrected chi connectivity index (χ3v) is 6.98. The van der Waals surface area contributed by atoms with E-state index in [2.05, 4.69) is 19.9 Å². The van der Waals surface area contributed by atoms with Gasteiger partial charge in [0.25, 0.3) is 5.91 Å². The molecule has 4 heterocycles. The second-order valence-electron chi connectivity index (χ2n) is 9.08. The zero-order valence-corrected chi connectivity index (χ0v) is 21.2. The Hall–Kier alpha value is -3.82. The fraction of sp³-hybridized carbons (Fsp3) is 0.296. The molecule has 0 radical (unpaired) electrons. The van der Waals surface area contributed by atoms with Crippen molar-refractivity contribution in [2.45, 2.75) is 38.5 Å². The Kier molecular flexibility index (Phi) is 6.10. The maximum Gasteiger partial charge on any atom is 0.261 e. The number of aromatic nitrogens is 4. The molecule has 9 nitrogen and oxygen atoms in total. The summed E-state index contributed by atoms with van der Waals surface area (Å²) in [6.07, 6.45) is 5.35. The quantitative estimate of drug-likeness (QED) is 0.321. The number of benzene rings is 1. The molecular weight excluding hydrogens is 494 g/mol. The van der Waals surface area contributed by atoms with Crippen LogP contribution in [0.15, 0.2) is 42.7 Å². The molecule has 1 aliphatic heterocycles. The van der Waals surface area contributed by atoms with E-state index in [0.29, 0.717) is 41.4 Å². The Bertz CT molecular complexity index is 1510. The third-order valence-electron chi connectivity index (χ3n) is 6.67. The lowest BCUT2D eigenvalue weighted by molar-refractivity contribution is 0.0983. The van der Waals surface area contributed by atoms with Crippen molar-refractivity contribution >= 4 is 34.1 Å². The van der Waals surface area contributed by atoms with Crippen molar-refractivity contribution in [3.8, 4) is 11.8 Å². The molecule has 188 valence electrons. The zero-order valence-electron chi connectivity index (χ0n) is 20.4. The highest BCUT2D eigenvalue weighted by atomic mass is 35.5. The molecule has 0 bridgehead atoms. The maximum absolute atomic E-state index is 13.8. The summed E-state index contributed by atoms with van der Waals surface area (Å²) in [7, 11) is 3.03. The summed E-state index contributed by atoms with van der Waals surface area (Å²) in [6.45, 7) is 1.20. The molecule has 0 atom stereocenters. The van der Waals surface area contributed by atoms with Gasteiger partial charge in [-0.05, 0) is 36.1 Å². The van der Waals surface area contributed by atoms with Crippen LogP contribution in [0.5, 0.6) is 11.8 Å². The maximum atomic E-state index is 13.8. The zero-order chi connectivity index (χ0) is 25.5. The van der Waals surface area contributed by atoms with E-state index in [1.807, 2.05) is 18.2 Å². The topological polar surface area (TPSA) is 99.6 Å². The third kappa shape index (κ3) is 4.45. The molecule has 0 N–H and O–H groups in total.